The minimum Gasteiger partial charge on any atom is -0.298 e. The van der Waals surface area contributed by atoms with Crippen LogP contribution >= 0.6 is 27.7 Å². The highest BCUT2D eigenvalue weighted by Gasteiger charge is 2.13. The third-order valence-electron chi connectivity index (χ3n) is 1.83. The first-order valence-corrected chi connectivity index (χ1v) is 6.90. The largest absolute Gasteiger partial charge is 0.298 e. The van der Waals surface area contributed by atoms with Gasteiger partial charge in [0.05, 0.1) is 5.75 Å². The average molecular weight is 302 g/mol. The van der Waals surface area contributed by atoms with Crippen molar-refractivity contribution >= 4 is 33.5 Å². The Labute approximate surface area is 109 Å². The summed E-state index contributed by atoms with van der Waals surface area (Å²) in [7, 11) is 0. The number of carbonyl (C=O) groups excluding carboxylic acids is 1. The fourth-order valence-electron chi connectivity index (χ4n) is 1.13. The van der Waals surface area contributed by atoms with Gasteiger partial charge in [0.2, 0.25) is 0 Å². The SMILES string of the molecule is CC(C)(C)SCC(=O)Cc1cncc(Br)c1. The van der Waals surface area contributed by atoms with Crippen LogP contribution in [0.25, 0.3) is 0 Å². The van der Waals surface area contributed by atoms with E-state index >= 15 is 0 Å². The molecule has 0 saturated heterocycles. The first kappa shape index (κ1) is 13.7. The van der Waals surface area contributed by atoms with Crippen molar-refractivity contribution in [3.63, 3.8) is 0 Å². The Bertz CT molecular complexity index is 374. The van der Waals surface area contributed by atoms with Crippen molar-refractivity contribution in [2.45, 2.75) is 31.9 Å². The molecule has 1 aromatic heterocycles. The molecule has 1 rings (SSSR count). The second-order valence-corrected chi connectivity index (χ2v) is 7.35. The Morgan fingerprint density at radius 1 is 1.44 bits per heavy atom. The molecule has 0 aromatic carbocycles. The second-order valence-electron chi connectivity index (χ2n) is 4.63. The van der Waals surface area contributed by atoms with Gasteiger partial charge in [-0.2, -0.15) is 0 Å². The zero-order valence-electron chi connectivity index (χ0n) is 9.79. The molecule has 0 atom stereocenters. The molecular weight excluding hydrogens is 286 g/mol. The fraction of sp³-hybridized carbons (Fsp3) is 0.500. The van der Waals surface area contributed by atoms with Crippen LogP contribution in [0, 0.1) is 0 Å². The maximum atomic E-state index is 11.7. The summed E-state index contributed by atoms with van der Waals surface area (Å²) in [4.78, 5) is 15.7. The maximum Gasteiger partial charge on any atom is 0.147 e. The van der Waals surface area contributed by atoms with Gasteiger partial charge < -0.3 is 0 Å². The smallest absolute Gasteiger partial charge is 0.147 e. The van der Waals surface area contributed by atoms with Gasteiger partial charge in [-0.3, -0.25) is 9.78 Å². The van der Waals surface area contributed by atoms with Gasteiger partial charge in [0, 0.05) is 28.0 Å². The standard InChI is InChI=1S/C12H16BrNOS/c1-12(2,3)16-8-11(15)5-9-4-10(13)7-14-6-9/h4,6-7H,5,8H2,1-3H3. The van der Waals surface area contributed by atoms with Crippen LogP contribution in [0.2, 0.25) is 0 Å². The van der Waals surface area contributed by atoms with Gasteiger partial charge in [0.15, 0.2) is 0 Å². The van der Waals surface area contributed by atoms with Gasteiger partial charge in [-0.25, -0.2) is 0 Å². The summed E-state index contributed by atoms with van der Waals surface area (Å²) in [6.07, 6.45) is 3.93. The molecule has 1 aromatic rings. The summed E-state index contributed by atoms with van der Waals surface area (Å²) >= 11 is 5.03. The van der Waals surface area contributed by atoms with Crippen molar-refractivity contribution in [2.24, 2.45) is 0 Å². The molecule has 0 radical (unpaired) electrons. The molecule has 4 heteroatoms. The van der Waals surface area contributed by atoms with Crippen molar-refractivity contribution in [3.05, 3.63) is 28.5 Å². The quantitative estimate of drug-likeness (QED) is 0.853. The topological polar surface area (TPSA) is 30.0 Å². The summed E-state index contributed by atoms with van der Waals surface area (Å²) in [5.41, 5.74) is 0.967. The molecule has 0 N–H and O–H groups in total. The number of ketones is 1. The lowest BCUT2D eigenvalue weighted by Gasteiger charge is -2.16. The van der Waals surface area contributed by atoms with Crippen molar-refractivity contribution < 1.29 is 4.79 Å². The Morgan fingerprint density at radius 2 is 2.12 bits per heavy atom. The molecule has 0 aliphatic rings. The van der Waals surface area contributed by atoms with Crippen LogP contribution in [-0.2, 0) is 11.2 Å². The fourth-order valence-corrected chi connectivity index (χ4v) is 2.24. The maximum absolute atomic E-state index is 11.7. The van der Waals surface area contributed by atoms with E-state index in [0.29, 0.717) is 12.2 Å². The molecule has 0 bridgehead atoms. The summed E-state index contributed by atoms with van der Waals surface area (Å²) < 4.78 is 1.06. The normalized spacial score (nSPS) is 11.5. The minimum absolute atomic E-state index is 0.144. The molecule has 0 saturated carbocycles. The molecule has 0 fully saturated rings. The summed E-state index contributed by atoms with van der Waals surface area (Å²) in [5.74, 6) is 0.815. The van der Waals surface area contributed by atoms with E-state index in [1.54, 1.807) is 24.2 Å². The Hall–Kier alpha value is -0.350. The highest BCUT2D eigenvalue weighted by Crippen LogP contribution is 2.23. The van der Waals surface area contributed by atoms with Crippen LogP contribution < -0.4 is 0 Å². The van der Waals surface area contributed by atoms with E-state index in [1.807, 2.05) is 6.07 Å². The second kappa shape index (κ2) is 5.82. The number of hydrogen-bond donors (Lipinski definition) is 0. The number of Topliss-reactive ketones (excluding diaryl/α,β-unsaturated/α-hetero) is 1. The zero-order chi connectivity index (χ0) is 12.2. The third kappa shape index (κ3) is 5.66. The Morgan fingerprint density at radius 3 is 2.69 bits per heavy atom. The summed E-state index contributed by atoms with van der Waals surface area (Å²) in [6.45, 7) is 6.35. The number of hydrogen-bond acceptors (Lipinski definition) is 3. The highest BCUT2D eigenvalue weighted by atomic mass is 79.9. The van der Waals surface area contributed by atoms with E-state index < -0.39 is 0 Å². The van der Waals surface area contributed by atoms with Crippen molar-refractivity contribution in [1.82, 2.24) is 4.98 Å². The average Bonchev–Trinajstić information content (AvgIpc) is 2.14. The van der Waals surface area contributed by atoms with E-state index in [4.69, 9.17) is 0 Å². The number of carbonyl (C=O) groups is 1. The minimum atomic E-state index is 0.144. The van der Waals surface area contributed by atoms with Gasteiger partial charge in [0.25, 0.3) is 0 Å². The van der Waals surface area contributed by atoms with Crippen molar-refractivity contribution in [1.29, 1.82) is 0 Å². The summed E-state index contributed by atoms with van der Waals surface area (Å²) in [5, 5.41) is 0. The lowest BCUT2D eigenvalue weighted by atomic mass is 10.2. The molecule has 0 unspecified atom stereocenters. The van der Waals surface area contributed by atoms with Crippen LogP contribution in [-0.4, -0.2) is 21.3 Å². The van der Waals surface area contributed by atoms with E-state index in [1.165, 1.54) is 0 Å². The predicted molar refractivity (Wildman–Crippen MR) is 72.9 cm³/mol. The Kier molecular flexibility index (Phi) is 4.99. The lowest BCUT2D eigenvalue weighted by molar-refractivity contribution is -0.116. The third-order valence-corrected chi connectivity index (χ3v) is 3.59. The number of pyridine rings is 1. The predicted octanol–water partition coefficient (Wildman–Crippen LogP) is 3.49. The molecule has 0 spiro atoms. The number of nitrogens with zero attached hydrogens (tertiary/aromatic N) is 1. The summed E-state index contributed by atoms with van der Waals surface area (Å²) in [6, 6.07) is 1.94. The van der Waals surface area contributed by atoms with Crippen LogP contribution in [0.3, 0.4) is 0 Å². The zero-order valence-corrected chi connectivity index (χ0v) is 12.2. The van der Waals surface area contributed by atoms with E-state index in [0.717, 1.165) is 10.0 Å². The number of aromatic nitrogens is 1. The van der Waals surface area contributed by atoms with Gasteiger partial charge in [0.1, 0.15) is 5.78 Å². The molecule has 0 aliphatic carbocycles. The van der Waals surface area contributed by atoms with Gasteiger partial charge in [-0.1, -0.05) is 20.8 Å². The monoisotopic (exact) mass is 301 g/mol. The molecule has 1 heterocycles. The molecular formula is C12H16BrNOS. The van der Waals surface area contributed by atoms with E-state index in [9.17, 15) is 4.79 Å². The molecule has 88 valence electrons. The first-order valence-electron chi connectivity index (χ1n) is 5.12. The van der Waals surface area contributed by atoms with Crippen LogP contribution in [0.1, 0.15) is 26.3 Å². The van der Waals surface area contributed by atoms with Crippen molar-refractivity contribution in [2.75, 3.05) is 5.75 Å². The van der Waals surface area contributed by atoms with Gasteiger partial charge in [-0.15, -0.1) is 11.8 Å². The Balaban J connectivity index is 2.46. The molecule has 2 nitrogen and oxygen atoms in total. The molecule has 0 amide bonds. The lowest BCUT2D eigenvalue weighted by Crippen LogP contribution is -2.14. The highest BCUT2D eigenvalue weighted by molar-refractivity contribution is 9.10. The van der Waals surface area contributed by atoms with E-state index in [-0.39, 0.29) is 10.5 Å². The van der Waals surface area contributed by atoms with Crippen LogP contribution in [0.15, 0.2) is 22.9 Å². The molecule has 0 aliphatic heterocycles. The van der Waals surface area contributed by atoms with Crippen LogP contribution in [0.5, 0.6) is 0 Å². The number of rotatable bonds is 4. The van der Waals surface area contributed by atoms with E-state index in [2.05, 4.69) is 41.7 Å². The number of halogens is 1. The van der Waals surface area contributed by atoms with Gasteiger partial charge >= 0.3 is 0 Å². The van der Waals surface area contributed by atoms with Crippen LogP contribution in [0.4, 0.5) is 0 Å². The number of thioether (sulfide) groups is 1. The first-order chi connectivity index (χ1) is 7.37. The van der Waals surface area contributed by atoms with Crippen molar-refractivity contribution in [3.8, 4) is 0 Å². The molecule has 16 heavy (non-hydrogen) atoms. The van der Waals surface area contributed by atoms with Gasteiger partial charge in [-0.05, 0) is 27.6 Å².